The second kappa shape index (κ2) is 7.27. The van der Waals surface area contributed by atoms with Crippen molar-refractivity contribution in [3.8, 4) is 0 Å². The van der Waals surface area contributed by atoms with Gasteiger partial charge in [-0.25, -0.2) is 0 Å². The number of nitrogens with zero attached hydrogens (tertiary/aromatic N) is 2. The Balaban J connectivity index is 2.33. The van der Waals surface area contributed by atoms with Crippen molar-refractivity contribution in [1.82, 2.24) is 15.2 Å². The lowest BCUT2D eigenvalue weighted by Gasteiger charge is -2.19. The number of aromatic nitrogens is 2. The molecule has 0 aliphatic heterocycles. The Labute approximate surface area is 135 Å². The molecular formula is C15H20Cl2N4. The molecule has 3 N–H and O–H groups in total. The summed E-state index contributed by atoms with van der Waals surface area (Å²) in [6, 6.07) is 7.42. The van der Waals surface area contributed by atoms with E-state index in [1.807, 2.05) is 22.9 Å². The van der Waals surface area contributed by atoms with Crippen LogP contribution in [0.4, 0.5) is 0 Å². The summed E-state index contributed by atoms with van der Waals surface area (Å²) < 4.78 is 1.99. The van der Waals surface area contributed by atoms with Gasteiger partial charge in [0.25, 0.3) is 0 Å². The van der Waals surface area contributed by atoms with Crippen LogP contribution in [0.1, 0.15) is 36.8 Å². The molecule has 2 rings (SSSR count). The summed E-state index contributed by atoms with van der Waals surface area (Å²) in [4.78, 5) is 0. The summed E-state index contributed by atoms with van der Waals surface area (Å²) >= 11 is 12.5. The van der Waals surface area contributed by atoms with Gasteiger partial charge in [-0.3, -0.25) is 16.0 Å². The molecule has 2 aromatic rings. The van der Waals surface area contributed by atoms with Crippen molar-refractivity contribution in [2.45, 2.75) is 39.3 Å². The number of hydrogen-bond acceptors (Lipinski definition) is 3. The summed E-state index contributed by atoms with van der Waals surface area (Å²) in [6.07, 6.45) is 1.59. The van der Waals surface area contributed by atoms with Gasteiger partial charge in [0.15, 0.2) is 0 Å². The van der Waals surface area contributed by atoms with Gasteiger partial charge in [-0.05, 0) is 31.5 Å². The number of nitrogens with two attached hydrogens (primary N) is 1. The lowest BCUT2D eigenvalue weighted by Crippen LogP contribution is -2.30. The van der Waals surface area contributed by atoms with Gasteiger partial charge in [-0.1, -0.05) is 36.2 Å². The Bertz CT molecular complexity index is 589. The molecule has 0 saturated heterocycles. The van der Waals surface area contributed by atoms with Gasteiger partial charge in [0, 0.05) is 34.3 Å². The van der Waals surface area contributed by atoms with Gasteiger partial charge in [0.05, 0.1) is 11.7 Å². The predicted molar refractivity (Wildman–Crippen MR) is 87.5 cm³/mol. The van der Waals surface area contributed by atoms with E-state index in [1.54, 1.807) is 0 Å². The molecule has 0 fully saturated rings. The molecule has 1 heterocycles. The minimum absolute atomic E-state index is 0.155. The third-order valence-corrected chi connectivity index (χ3v) is 4.20. The highest BCUT2D eigenvalue weighted by molar-refractivity contribution is 6.36. The molecule has 1 unspecified atom stereocenters. The fraction of sp³-hybridized carbons (Fsp3) is 0.400. The Kier molecular flexibility index (Phi) is 5.65. The van der Waals surface area contributed by atoms with Crippen molar-refractivity contribution < 1.29 is 0 Å². The Hall–Kier alpha value is -1.07. The molecular weight excluding hydrogens is 307 g/mol. The molecule has 0 aliphatic carbocycles. The van der Waals surface area contributed by atoms with E-state index in [9.17, 15) is 0 Å². The maximum Gasteiger partial charge on any atom is 0.0624 e. The van der Waals surface area contributed by atoms with Gasteiger partial charge in [-0.15, -0.1) is 0 Å². The van der Waals surface area contributed by atoms with Crippen molar-refractivity contribution in [3.05, 3.63) is 51.3 Å². The largest absolute Gasteiger partial charge is 0.271 e. The number of rotatable bonds is 6. The average molecular weight is 327 g/mol. The van der Waals surface area contributed by atoms with E-state index >= 15 is 0 Å². The van der Waals surface area contributed by atoms with E-state index in [2.05, 4.69) is 30.4 Å². The second-order valence-electron chi connectivity index (χ2n) is 4.86. The van der Waals surface area contributed by atoms with Crippen LogP contribution in [0.15, 0.2) is 24.3 Å². The quantitative estimate of drug-likeness (QED) is 0.630. The third-order valence-electron chi connectivity index (χ3n) is 3.54. The predicted octanol–water partition coefficient (Wildman–Crippen LogP) is 3.52. The number of halogens is 2. The van der Waals surface area contributed by atoms with Crippen LogP contribution in [0.2, 0.25) is 10.0 Å². The maximum atomic E-state index is 6.27. The Morgan fingerprint density at radius 2 is 1.95 bits per heavy atom. The molecule has 114 valence electrons. The van der Waals surface area contributed by atoms with Crippen LogP contribution >= 0.6 is 23.2 Å². The molecule has 1 aromatic heterocycles. The zero-order valence-corrected chi connectivity index (χ0v) is 13.7. The van der Waals surface area contributed by atoms with E-state index in [1.165, 1.54) is 0 Å². The molecule has 0 spiro atoms. The molecule has 1 aromatic carbocycles. The van der Waals surface area contributed by atoms with Gasteiger partial charge in [0.2, 0.25) is 0 Å². The normalized spacial score (nSPS) is 12.6. The zero-order chi connectivity index (χ0) is 15.4. The first kappa shape index (κ1) is 16.3. The summed E-state index contributed by atoms with van der Waals surface area (Å²) in [5.74, 6) is 5.72. The van der Waals surface area contributed by atoms with Crippen molar-refractivity contribution in [2.75, 3.05) is 0 Å². The SMILES string of the molecule is CCc1cc(CC(NN)c2c(Cl)cccc2Cl)n(CC)n1. The molecule has 0 bridgehead atoms. The standard InChI is InChI=1S/C15H20Cl2N4/c1-3-10-8-11(21(4-2)20-10)9-14(19-18)15-12(16)6-5-7-13(15)17/h5-8,14,19H,3-4,9,18H2,1-2H3. The number of benzene rings is 1. The zero-order valence-electron chi connectivity index (χ0n) is 12.2. The first-order valence-corrected chi connectivity index (χ1v) is 7.81. The van der Waals surface area contributed by atoms with Crippen molar-refractivity contribution in [2.24, 2.45) is 5.84 Å². The van der Waals surface area contributed by atoms with E-state index in [-0.39, 0.29) is 6.04 Å². The average Bonchev–Trinajstić information content (AvgIpc) is 2.88. The highest BCUT2D eigenvalue weighted by Gasteiger charge is 2.19. The van der Waals surface area contributed by atoms with E-state index in [0.717, 1.165) is 29.9 Å². The maximum absolute atomic E-state index is 6.27. The topological polar surface area (TPSA) is 55.9 Å². The van der Waals surface area contributed by atoms with E-state index < -0.39 is 0 Å². The fourth-order valence-electron chi connectivity index (χ4n) is 2.42. The van der Waals surface area contributed by atoms with Crippen LogP contribution < -0.4 is 11.3 Å². The van der Waals surface area contributed by atoms with Crippen LogP contribution in [0, 0.1) is 0 Å². The summed E-state index contributed by atoms with van der Waals surface area (Å²) in [7, 11) is 0. The molecule has 0 saturated carbocycles. The molecule has 0 radical (unpaired) electrons. The smallest absolute Gasteiger partial charge is 0.0624 e. The Morgan fingerprint density at radius 3 is 2.48 bits per heavy atom. The molecule has 21 heavy (non-hydrogen) atoms. The lowest BCUT2D eigenvalue weighted by atomic mass is 10.0. The molecule has 1 atom stereocenters. The van der Waals surface area contributed by atoms with E-state index in [0.29, 0.717) is 16.5 Å². The van der Waals surface area contributed by atoms with Crippen molar-refractivity contribution in [3.63, 3.8) is 0 Å². The summed E-state index contributed by atoms with van der Waals surface area (Å²) in [5, 5.41) is 5.78. The van der Waals surface area contributed by atoms with Crippen LogP contribution in [0.3, 0.4) is 0 Å². The van der Waals surface area contributed by atoms with Gasteiger partial charge in [-0.2, -0.15) is 5.10 Å². The number of hydrogen-bond donors (Lipinski definition) is 2. The first-order chi connectivity index (χ1) is 10.1. The minimum atomic E-state index is -0.155. The number of aryl methyl sites for hydroxylation is 2. The molecule has 0 aliphatic rings. The summed E-state index contributed by atoms with van der Waals surface area (Å²) in [5.41, 5.74) is 5.84. The summed E-state index contributed by atoms with van der Waals surface area (Å²) in [6.45, 7) is 4.99. The minimum Gasteiger partial charge on any atom is -0.271 e. The number of hydrazine groups is 1. The van der Waals surface area contributed by atoms with Crippen LogP contribution in [-0.4, -0.2) is 9.78 Å². The van der Waals surface area contributed by atoms with Crippen molar-refractivity contribution >= 4 is 23.2 Å². The second-order valence-corrected chi connectivity index (χ2v) is 5.67. The lowest BCUT2D eigenvalue weighted by molar-refractivity contribution is 0.517. The monoisotopic (exact) mass is 326 g/mol. The van der Waals surface area contributed by atoms with Gasteiger partial charge in [0.1, 0.15) is 0 Å². The third kappa shape index (κ3) is 3.58. The van der Waals surface area contributed by atoms with Crippen LogP contribution in [0.25, 0.3) is 0 Å². The highest BCUT2D eigenvalue weighted by atomic mass is 35.5. The molecule has 6 heteroatoms. The van der Waals surface area contributed by atoms with Crippen LogP contribution in [0.5, 0.6) is 0 Å². The molecule has 0 amide bonds. The van der Waals surface area contributed by atoms with Gasteiger partial charge >= 0.3 is 0 Å². The fourth-order valence-corrected chi connectivity index (χ4v) is 3.08. The molecule has 4 nitrogen and oxygen atoms in total. The van der Waals surface area contributed by atoms with E-state index in [4.69, 9.17) is 29.0 Å². The first-order valence-electron chi connectivity index (χ1n) is 7.06. The van der Waals surface area contributed by atoms with Crippen molar-refractivity contribution in [1.29, 1.82) is 0 Å². The number of nitrogens with one attached hydrogen (secondary N) is 1. The highest BCUT2D eigenvalue weighted by Crippen LogP contribution is 2.31. The van der Waals surface area contributed by atoms with Crippen LogP contribution in [-0.2, 0) is 19.4 Å². The Morgan fingerprint density at radius 1 is 1.29 bits per heavy atom. The van der Waals surface area contributed by atoms with Gasteiger partial charge < -0.3 is 0 Å².